The quantitative estimate of drug-likeness (QED) is 0.0754. The zero-order chi connectivity index (χ0) is 30.1. The first-order valence-electron chi connectivity index (χ1n) is 16.6. The second-order valence-electron chi connectivity index (χ2n) is 11.6. The number of carbonyl (C=O) groups excluding carboxylic acids is 1. The summed E-state index contributed by atoms with van der Waals surface area (Å²) in [6.45, 7) is 4.48. The van der Waals surface area contributed by atoms with E-state index in [9.17, 15) is 25.2 Å². The fourth-order valence-electron chi connectivity index (χ4n) is 5.08. The van der Waals surface area contributed by atoms with E-state index in [4.69, 9.17) is 18.9 Å². The second kappa shape index (κ2) is 25.7. The molecule has 0 bridgehead atoms. The normalized spacial score (nSPS) is 23.5. The lowest BCUT2D eigenvalue weighted by Gasteiger charge is -2.39. The van der Waals surface area contributed by atoms with E-state index >= 15 is 0 Å². The van der Waals surface area contributed by atoms with Crippen LogP contribution in [0.2, 0.25) is 0 Å². The monoisotopic (exact) mass is 590 g/mol. The van der Waals surface area contributed by atoms with E-state index in [-0.39, 0.29) is 19.2 Å². The minimum absolute atomic E-state index is 0.108. The summed E-state index contributed by atoms with van der Waals surface area (Å²) in [5, 5.41) is 39.6. The highest BCUT2D eigenvalue weighted by atomic mass is 16.7. The van der Waals surface area contributed by atoms with Gasteiger partial charge in [0.05, 0.1) is 19.8 Å². The maximum Gasteiger partial charge on any atom is 0.306 e. The molecule has 4 N–H and O–H groups in total. The zero-order valence-corrected chi connectivity index (χ0v) is 26.1. The summed E-state index contributed by atoms with van der Waals surface area (Å²) >= 11 is 0. The molecule has 0 spiro atoms. The molecule has 1 heterocycles. The molecule has 0 radical (unpaired) electrons. The second-order valence-corrected chi connectivity index (χ2v) is 11.6. The van der Waals surface area contributed by atoms with Gasteiger partial charge < -0.3 is 39.4 Å². The smallest absolute Gasteiger partial charge is 0.306 e. The fraction of sp³-hybridized carbons (Fsp3) is 0.969. The largest absolute Gasteiger partial charge is 0.457 e. The highest BCUT2D eigenvalue weighted by Crippen LogP contribution is 2.22. The van der Waals surface area contributed by atoms with Crippen molar-refractivity contribution in [2.45, 2.75) is 173 Å². The van der Waals surface area contributed by atoms with E-state index in [0.29, 0.717) is 13.0 Å². The summed E-state index contributed by atoms with van der Waals surface area (Å²) in [6.07, 6.45) is 14.4. The Labute approximate surface area is 249 Å². The van der Waals surface area contributed by atoms with Gasteiger partial charge in [-0.3, -0.25) is 4.79 Å². The van der Waals surface area contributed by atoms with Crippen molar-refractivity contribution in [3.63, 3.8) is 0 Å². The molecule has 0 aromatic carbocycles. The van der Waals surface area contributed by atoms with Crippen molar-refractivity contribution in [3.8, 4) is 0 Å². The number of ether oxygens (including phenoxy) is 4. The van der Waals surface area contributed by atoms with E-state index in [2.05, 4.69) is 13.8 Å². The Morgan fingerprint density at radius 3 is 1.73 bits per heavy atom. The van der Waals surface area contributed by atoms with Crippen LogP contribution in [0.1, 0.15) is 136 Å². The first kappa shape index (κ1) is 38.2. The summed E-state index contributed by atoms with van der Waals surface area (Å²) in [7, 11) is 0. The first-order valence-corrected chi connectivity index (χ1v) is 16.6. The molecule has 9 heteroatoms. The van der Waals surface area contributed by atoms with Crippen molar-refractivity contribution in [1.29, 1.82) is 0 Å². The van der Waals surface area contributed by atoms with E-state index < -0.39 is 43.4 Å². The molecule has 1 rings (SSSR count). The number of hydrogen-bond acceptors (Lipinski definition) is 9. The minimum atomic E-state index is -1.53. The van der Waals surface area contributed by atoms with Crippen LogP contribution < -0.4 is 0 Å². The molecule has 244 valence electrons. The lowest BCUT2D eigenvalue weighted by molar-refractivity contribution is -0.305. The number of rotatable bonds is 27. The van der Waals surface area contributed by atoms with Crippen LogP contribution in [0.4, 0.5) is 0 Å². The van der Waals surface area contributed by atoms with Crippen LogP contribution in [0.3, 0.4) is 0 Å². The Hall–Kier alpha value is -0.810. The maximum absolute atomic E-state index is 12.5. The average Bonchev–Trinajstić information content (AvgIpc) is 2.97. The number of aliphatic hydroxyl groups is 4. The van der Waals surface area contributed by atoms with Gasteiger partial charge in [0.2, 0.25) is 0 Å². The van der Waals surface area contributed by atoms with Gasteiger partial charge in [-0.05, 0) is 12.8 Å². The summed E-state index contributed by atoms with van der Waals surface area (Å²) < 4.78 is 22.5. The molecule has 0 aromatic heterocycles. The molecule has 1 aliphatic heterocycles. The van der Waals surface area contributed by atoms with Crippen molar-refractivity contribution in [2.24, 2.45) is 0 Å². The highest BCUT2D eigenvalue weighted by Gasteiger charge is 2.44. The number of unbranched alkanes of at least 4 members (excludes halogenated alkanes) is 16. The first-order chi connectivity index (χ1) is 19.9. The van der Waals surface area contributed by atoms with Gasteiger partial charge in [0.25, 0.3) is 0 Å². The third-order valence-corrected chi connectivity index (χ3v) is 7.77. The highest BCUT2D eigenvalue weighted by molar-refractivity contribution is 5.69. The van der Waals surface area contributed by atoms with Crippen molar-refractivity contribution in [2.75, 3.05) is 26.4 Å². The van der Waals surface area contributed by atoms with Gasteiger partial charge in [0, 0.05) is 13.0 Å². The van der Waals surface area contributed by atoms with Crippen LogP contribution in [0.15, 0.2) is 0 Å². The van der Waals surface area contributed by atoms with E-state index in [0.717, 1.165) is 32.1 Å². The average molecular weight is 591 g/mol. The number of hydrogen-bond donors (Lipinski definition) is 4. The number of esters is 1. The van der Waals surface area contributed by atoms with Gasteiger partial charge in [0.15, 0.2) is 6.29 Å². The van der Waals surface area contributed by atoms with Crippen LogP contribution >= 0.6 is 0 Å². The Kier molecular flexibility index (Phi) is 23.9. The predicted octanol–water partition coefficient (Wildman–Crippen LogP) is 5.18. The molecule has 0 aliphatic carbocycles. The standard InChI is InChI=1S/C32H62O9/c1-3-5-7-9-11-12-13-14-15-16-18-20-22-38-24-26(40-28(34)21-19-17-10-8-6-4-2)25-39-32-31(37)30(36)29(35)27(23-33)41-32/h26-27,29-33,35-37H,3-25H2,1-2H3. The predicted molar refractivity (Wildman–Crippen MR) is 159 cm³/mol. The Balaban J connectivity index is 2.35. The summed E-state index contributed by atoms with van der Waals surface area (Å²) in [4.78, 5) is 12.5. The zero-order valence-electron chi connectivity index (χ0n) is 26.1. The molecule has 1 saturated heterocycles. The van der Waals surface area contributed by atoms with E-state index in [1.807, 2.05) is 0 Å². The number of aliphatic hydroxyl groups excluding tert-OH is 4. The third-order valence-electron chi connectivity index (χ3n) is 7.77. The molecule has 6 unspecified atom stereocenters. The lowest BCUT2D eigenvalue weighted by Crippen LogP contribution is -2.59. The molecule has 1 aliphatic rings. The Morgan fingerprint density at radius 2 is 1.20 bits per heavy atom. The molecule has 0 aromatic rings. The van der Waals surface area contributed by atoms with Crippen LogP contribution in [-0.2, 0) is 23.7 Å². The molecular weight excluding hydrogens is 528 g/mol. The van der Waals surface area contributed by atoms with Crippen LogP contribution in [-0.4, -0.2) is 89.6 Å². The molecule has 41 heavy (non-hydrogen) atoms. The van der Waals surface area contributed by atoms with E-state index in [1.165, 1.54) is 83.5 Å². The topological polar surface area (TPSA) is 135 Å². The Bertz CT molecular complexity index is 604. The molecule has 1 fully saturated rings. The van der Waals surface area contributed by atoms with Gasteiger partial charge in [-0.15, -0.1) is 0 Å². The summed E-state index contributed by atoms with van der Waals surface area (Å²) in [5.41, 5.74) is 0. The Morgan fingerprint density at radius 1 is 0.683 bits per heavy atom. The summed E-state index contributed by atoms with van der Waals surface area (Å²) in [6, 6.07) is 0. The van der Waals surface area contributed by atoms with Crippen LogP contribution in [0.5, 0.6) is 0 Å². The van der Waals surface area contributed by atoms with Crippen LogP contribution in [0, 0.1) is 0 Å². The van der Waals surface area contributed by atoms with Gasteiger partial charge in [-0.25, -0.2) is 0 Å². The molecule has 6 atom stereocenters. The van der Waals surface area contributed by atoms with Crippen LogP contribution in [0.25, 0.3) is 0 Å². The fourth-order valence-corrected chi connectivity index (χ4v) is 5.08. The minimum Gasteiger partial charge on any atom is -0.457 e. The van der Waals surface area contributed by atoms with Gasteiger partial charge in [-0.2, -0.15) is 0 Å². The van der Waals surface area contributed by atoms with Gasteiger partial charge in [0.1, 0.15) is 30.5 Å². The van der Waals surface area contributed by atoms with E-state index in [1.54, 1.807) is 0 Å². The molecule has 9 nitrogen and oxygen atoms in total. The molecule has 0 saturated carbocycles. The van der Waals surface area contributed by atoms with Gasteiger partial charge >= 0.3 is 5.97 Å². The van der Waals surface area contributed by atoms with Crippen molar-refractivity contribution < 1.29 is 44.2 Å². The van der Waals surface area contributed by atoms with Crippen molar-refractivity contribution in [1.82, 2.24) is 0 Å². The molecule has 0 amide bonds. The maximum atomic E-state index is 12.5. The SMILES string of the molecule is CCCCCCCCCCCCCCOCC(COC1OC(CO)C(O)C(O)C1O)OC(=O)CCCCCCCC. The van der Waals surface area contributed by atoms with Gasteiger partial charge in [-0.1, -0.05) is 117 Å². The van der Waals surface area contributed by atoms with Crippen molar-refractivity contribution in [3.05, 3.63) is 0 Å². The summed E-state index contributed by atoms with van der Waals surface area (Å²) in [5.74, 6) is -0.322. The third kappa shape index (κ3) is 18.5. The van der Waals surface area contributed by atoms with Crippen molar-refractivity contribution >= 4 is 5.97 Å². The molecular formula is C32H62O9. The number of carbonyl (C=O) groups is 1. The lowest BCUT2D eigenvalue weighted by atomic mass is 9.99.